The lowest BCUT2D eigenvalue weighted by Crippen LogP contribution is -2.07. The van der Waals surface area contributed by atoms with Crippen LogP contribution in [-0.4, -0.2) is 0 Å². The molecule has 0 spiro atoms. The first kappa shape index (κ1) is 10.9. The minimum absolute atomic E-state index is 0.273. The van der Waals surface area contributed by atoms with Gasteiger partial charge in [0.25, 0.3) is 0 Å². The summed E-state index contributed by atoms with van der Waals surface area (Å²) >= 11 is 3.79. The molecule has 0 saturated carbocycles. The van der Waals surface area contributed by atoms with E-state index < -0.39 is 0 Å². The first-order valence-corrected chi connectivity index (χ1v) is 6.77. The molecule has 0 aliphatic rings. The SMILES string of the molecule is Cc1ccc(-c2ccc(C(C)(C)C)s2)s1. The predicted octanol–water partition coefficient (Wildman–Crippen LogP) is 5.08. The molecular weight excluding hydrogens is 220 g/mol. The van der Waals surface area contributed by atoms with E-state index in [0.29, 0.717) is 0 Å². The molecule has 0 aromatic carbocycles. The van der Waals surface area contributed by atoms with Crippen molar-refractivity contribution >= 4 is 22.7 Å². The predicted molar refractivity (Wildman–Crippen MR) is 71.1 cm³/mol. The van der Waals surface area contributed by atoms with Gasteiger partial charge in [0.2, 0.25) is 0 Å². The Balaban J connectivity index is 2.36. The van der Waals surface area contributed by atoms with E-state index in [4.69, 9.17) is 0 Å². The largest absolute Gasteiger partial charge is 0.140 e. The van der Waals surface area contributed by atoms with Crippen molar-refractivity contribution in [3.63, 3.8) is 0 Å². The second-order valence-electron chi connectivity index (χ2n) is 4.82. The molecule has 0 unspecified atom stereocenters. The summed E-state index contributed by atoms with van der Waals surface area (Å²) in [6, 6.07) is 8.92. The van der Waals surface area contributed by atoms with Crippen LogP contribution in [-0.2, 0) is 5.41 Å². The second kappa shape index (κ2) is 3.76. The van der Waals surface area contributed by atoms with Crippen LogP contribution in [0.15, 0.2) is 24.3 Å². The van der Waals surface area contributed by atoms with Gasteiger partial charge in [-0.05, 0) is 36.6 Å². The van der Waals surface area contributed by atoms with Crippen molar-refractivity contribution in [2.45, 2.75) is 33.1 Å². The Hall–Kier alpha value is -0.600. The molecule has 2 heteroatoms. The number of aryl methyl sites for hydroxylation is 1. The maximum absolute atomic E-state index is 2.27. The molecule has 0 fully saturated rings. The van der Waals surface area contributed by atoms with Crippen molar-refractivity contribution in [1.82, 2.24) is 0 Å². The molecule has 0 saturated heterocycles. The van der Waals surface area contributed by atoms with Crippen molar-refractivity contribution in [3.8, 4) is 9.75 Å². The Morgan fingerprint density at radius 3 is 1.93 bits per heavy atom. The second-order valence-corrected chi connectivity index (χ2v) is 7.20. The fraction of sp³-hybridized carbons (Fsp3) is 0.385. The van der Waals surface area contributed by atoms with E-state index in [0.717, 1.165) is 0 Å². The van der Waals surface area contributed by atoms with E-state index in [1.807, 2.05) is 22.7 Å². The van der Waals surface area contributed by atoms with Crippen LogP contribution >= 0.6 is 22.7 Å². The Labute approximate surface area is 99.6 Å². The first-order chi connectivity index (χ1) is 6.97. The van der Waals surface area contributed by atoms with Gasteiger partial charge in [-0.15, -0.1) is 22.7 Å². The molecule has 2 rings (SSSR count). The Morgan fingerprint density at radius 2 is 1.47 bits per heavy atom. The molecule has 80 valence electrons. The van der Waals surface area contributed by atoms with Crippen molar-refractivity contribution in [1.29, 1.82) is 0 Å². The zero-order valence-corrected chi connectivity index (χ0v) is 11.3. The molecule has 0 aliphatic carbocycles. The highest BCUT2D eigenvalue weighted by atomic mass is 32.1. The molecule has 15 heavy (non-hydrogen) atoms. The molecule has 0 nitrogen and oxygen atoms in total. The summed E-state index contributed by atoms with van der Waals surface area (Å²) in [4.78, 5) is 5.64. The van der Waals surface area contributed by atoms with E-state index in [1.165, 1.54) is 19.5 Å². The maximum Gasteiger partial charge on any atom is 0.0445 e. The van der Waals surface area contributed by atoms with Crippen LogP contribution in [0.5, 0.6) is 0 Å². The van der Waals surface area contributed by atoms with Crippen LogP contribution in [0.4, 0.5) is 0 Å². The van der Waals surface area contributed by atoms with Crippen molar-refractivity contribution in [2.75, 3.05) is 0 Å². The molecular formula is C13H16S2. The fourth-order valence-corrected chi connectivity index (χ4v) is 3.46. The molecule has 0 N–H and O–H groups in total. The Bertz CT molecular complexity index is 455. The minimum atomic E-state index is 0.273. The lowest BCUT2D eigenvalue weighted by atomic mass is 9.95. The molecule has 0 aliphatic heterocycles. The zero-order chi connectivity index (χ0) is 11.1. The van der Waals surface area contributed by atoms with Crippen molar-refractivity contribution in [2.24, 2.45) is 0 Å². The van der Waals surface area contributed by atoms with Crippen molar-refractivity contribution < 1.29 is 0 Å². The lowest BCUT2D eigenvalue weighted by molar-refractivity contribution is 0.604. The zero-order valence-electron chi connectivity index (χ0n) is 9.63. The summed E-state index contributed by atoms with van der Waals surface area (Å²) in [5.74, 6) is 0. The average Bonchev–Trinajstić information content (AvgIpc) is 2.69. The third kappa shape index (κ3) is 2.32. The summed E-state index contributed by atoms with van der Waals surface area (Å²) in [6.07, 6.45) is 0. The fourth-order valence-electron chi connectivity index (χ4n) is 1.44. The molecule has 2 aromatic rings. The third-order valence-electron chi connectivity index (χ3n) is 2.33. The van der Waals surface area contributed by atoms with Crippen LogP contribution in [0, 0.1) is 6.92 Å². The molecule has 2 heterocycles. The van der Waals surface area contributed by atoms with E-state index in [-0.39, 0.29) is 5.41 Å². The average molecular weight is 236 g/mol. The van der Waals surface area contributed by atoms with Gasteiger partial charge < -0.3 is 0 Å². The van der Waals surface area contributed by atoms with Gasteiger partial charge in [0.15, 0.2) is 0 Å². The standard InChI is InChI=1S/C13H16S2/c1-9-5-6-10(14-9)11-7-8-12(15-11)13(2,3)4/h5-8H,1-4H3. The molecule has 0 bridgehead atoms. The van der Waals surface area contributed by atoms with Crippen LogP contribution in [0.1, 0.15) is 30.5 Å². The van der Waals surface area contributed by atoms with E-state index >= 15 is 0 Å². The molecule has 0 atom stereocenters. The number of rotatable bonds is 1. The lowest BCUT2D eigenvalue weighted by Gasteiger charge is -2.15. The highest BCUT2D eigenvalue weighted by Gasteiger charge is 2.16. The highest BCUT2D eigenvalue weighted by molar-refractivity contribution is 7.22. The topological polar surface area (TPSA) is 0 Å². The van der Waals surface area contributed by atoms with Gasteiger partial charge in [0.1, 0.15) is 0 Å². The van der Waals surface area contributed by atoms with Gasteiger partial charge >= 0.3 is 0 Å². The molecule has 0 amide bonds. The van der Waals surface area contributed by atoms with Crippen LogP contribution in [0.2, 0.25) is 0 Å². The van der Waals surface area contributed by atoms with Gasteiger partial charge in [0.05, 0.1) is 0 Å². The number of hydrogen-bond acceptors (Lipinski definition) is 2. The number of thiophene rings is 2. The van der Waals surface area contributed by atoms with E-state index in [1.54, 1.807) is 0 Å². The van der Waals surface area contributed by atoms with Gasteiger partial charge in [-0.1, -0.05) is 20.8 Å². The van der Waals surface area contributed by atoms with E-state index in [9.17, 15) is 0 Å². The summed E-state index contributed by atoms with van der Waals surface area (Å²) in [5, 5.41) is 0. The molecule has 0 radical (unpaired) electrons. The smallest absolute Gasteiger partial charge is 0.0445 e. The summed E-state index contributed by atoms with van der Waals surface area (Å²) < 4.78 is 0. The Morgan fingerprint density at radius 1 is 0.867 bits per heavy atom. The summed E-state index contributed by atoms with van der Waals surface area (Å²) in [6.45, 7) is 8.96. The normalized spacial score (nSPS) is 12.0. The van der Waals surface area contributed by atoms with Crippen LogP contribution in [0.3, 0.4) is 0 Å². The van der Waals surface area contributed by atoms with Gasteiger partial charge in [-0.3, -0.25) is 0 Å². The summed E-state index contributed by atoms with van der Waals surface area (Å²) in [5.41, 5.74) is 0.273. The minimum Gasteiger partial charge on any atom is -0.140 e. The third-order valence-corrected chi connectivity index (χ3v) is 5.04. The molecule has 2 aromatic heterocycles. The van der Waals surface area contributed by atoms with E-state index in [2.05, 4.69) is 52.0 Å². The Kier molecular flexibility index (Phi) is 2.73. The van der Waals surface area contributed by atoms with Gasteiger partial charge in [0, 0.05) is 19.5 Å². The maximum atomic E-state index is 2.27. The van der Waals surface area contributed by atoms with Crippen LogP contribution in [0.25, 0.3) is 9.75 Å². The van der Waals surface area contributed by atoms with Crippen molar-refractivity contribution in [3.05, 3.63) is 34.0 Å². The summed E-state index contributed by atoms with van der Waals surface area (Å²) in [7, 11) is 0. The number of hydrogen-bond donors (Lipinski definition) is 0. The first-order valence-electron chi connectivity index (χ1n) is 5.14. The van der Waals surface area contributed by atoms with Gasteiger partial charge in [-0.2, -0.15) is 0 Å². The van der Waals surface area contributed by atoms with Gasteiger partial charge in [-0.25, -0.2) is 0 Å². The highest BCUT2D eigenvalue weighted by Crippen LogP contribution is 2.37. The van der Waals surface area contributed by atoms with Crippen LogP contribution < -0.4 is 0 Å². The quantitative estimate of drug-likeness (QED) is 0.647. The monoisotopic (exact) mass is 236 g/mol.